The molecule has 3 aliphatic rings. The van der Waals surface area contributed by atoms with Gasteiger partial charge in [-0.2, -0.15) is 13.2 Å². The maximum Gasteiger partial charge on any atom is 0.419 e. The average molecular weight is 484 g/mol. The Kier molecular flexibility index (Phi) is 6.61. The Morgan fingerprint density at radius 2 is 1.76 bits per heavy atom. The first-order valence-electron chi connectivity index (χ1n) is 11.7. The van der Waals surface area contributed by atoms with Crippen molar-refractivity contribution < 1.29 is 26.7 Å². The Bertz CT molecular complexity index is 1030. The third kappa shape index (κ3) is 5.04. The third-order valence-electron chi connectivity index (χ3n) is 6.77. The van der Waals surface area contributed by atoms with Crippen molar-refractivity contribution in [1.29, 1.82) is 0 Å². The van der Waals surface area contributed by atoms with Gasteiger partial charge >= 0.3 is 6.18 Å². The van der Waals surface area contributed by atoms with E-state index in [2.05, 4.69) is 30.7 Å². The van der Waals surface area contributed by atoms with Crippen LogP contribution < -0.4 is 0 Å². The summed E-state index contributed by atoms with van der Waals surface area (Å²) in [4.78, 5) is 21.7. The highest BCUT2D eigenvalue weighted by atomic mass is 19.4. The van der Waals surface area contributed by atoms with E-state index in [1.165, 1.54) is 5.57 Å². The summed E-state index contributed by atoms with van der Waals surface area (Å²) in [6.07, 6.45) is -3.73. The highest BCUT2D eigenvalue weighted by Gasteiger charge is 2.41. The maximum atomic E-state index is 14.0. The molecular formula is C25H30F5N3O. The topological polar surface area (TPSA) is 35.9 Å². The second-order valence-electron chi connectivity index (χ2n) is 10.7. The van der Waals surface area contributed by atoms with Gasteiger partial charge < -0.3 is 4.90 Å². The molecule has 0 aliphatic carbocycles. The second-order valence-corrected chi connectivity index (χ2v) is 10.7. The molecule has 1 saturated heterocycles. The number of piperidine rings is 1. The molecule has 9 heteroatoms. The molecule has 0 saturated carbocycles. The lowest BCUT2D eigenvalue weighted by atomic mass is 9.85. The quantitative estimate of drug-likeness (QED) is 0.555. The zero-order valence-electron chi connectivity index (χ0n) is 19.7. The highest BCUT2D eigenvalue weighted by Crippen LogP contribution is 2.41. The Hall–Kier alpha value is -2.29. The van der Waals surface area contributed by atoms with Crippen molar-refractivity contribution >= 4 is 11.6 Å². The number of carbonyl (C=O) groups excluding carboxylic acids is 1. The molecule has 0 unspecified atom stereocenters. The van der Waals surface area contributed by atoms with Crippen LogP contribution in [0.25, 0.3) is 0 Å². The van der Waals surface area contributed by atoms with Crippen molar-refractivity contribution in [2.24, 2.45) is 10.4 Å². The fraction of sp³-hybridized carbons (Fsp3) is 0.600. The van der Waals surface area contributed by atoms with E-state index in [0.717, 1.165) is 43.8 Å². The number of hydrogen-bond donors (Lipinski definition) is 0. The molecule has 1 aromatic rings. The number of amides is 1. The predicted octanol–water partition coefficient (Wildman–Crippen LogP) is 5.19. The summed E-state index contributed by atoms with van der Waals surface area (Å²) < 4.78 is 67.8. The minimum atomic E-state index is -4.99. The molecular weight excluding hydrogens is 453 g/mol. The Balaban J connectivity index is 1.42. The standard InChI is InChI=1S/C25H30F5N3O/c1-24(2,3)14-32-9-8-18-16(13-32)12-31-22(18)23(34)33-10-6-15(7-11-33)17-4-5-19(26)21(27)20(17)25(28,29)30/h4-5,15H,6-14H2,1-3H3. The zero-order chi connectivity index (χ0) is 24.8. The lowest BCUT2D eigenvalue weighted by molar-refractivity contribution is -0.141. The number of hydrogen-bond acceptors (Lipinski definition) is 3. The van der Waals surface area contributed by atoms with E-state index in [4.69, 9.17) is 0 Å². The number of likely N-dealkylation sites (tertiary alicyclic amines) is 1. The van der Waals surface area contributed by atoms with E-state index in [-0.39, 0.29) is 42.8 Å². The smallest absolute Gasteiger partial charge is 0.337 e. The van der Waals surface area contributed by atoms with Crippen LogP contribution in [0, 0.1) is 17.0 Å². The van der Waals surface area contributed by atoms with Crippen LogP contribution >= 0.6 is 0 Å². The molecule has 0 N–H and O–H groups in total. The summed E-state index contributed by atoms with van der Waals surface area (Å²) in [6, 6.07) is 1.76. The first kappa shape index (κ1) is 24.8. The molecule has 0 atom stereocenters. The van der Waals surface area contributed by atoms with Crippen LogP contribution in [0.4, 0.5) is 22.0 Å². The lowest BCUT2D eigenvalue weighted by Gasteiger charge is -2.35. The van der Waals surface area contributed by atoms with E-state index < -0.39 is 29.3 Å². The highest BCUT2D eigenvalue weighted by molar-refractivity contribution is 6.46. The Labute approximate surface area is 196 Å². The van der Waals surface area contributed by atoms with Crippen LogP contribution in [0.5, 0.6) is 0 Å². The normalized spacial score (nSPS) is 20.6. The summed E-state index contributed by atoms with van der Waals surface area (Å²) >= 11 is 0. The monoisotopic (exact) mass is 483 g/mol. The largest absolute Gasteiger partial charge is 0.419 e. The molecule has 186 valence electrons. The van der Waals surface area contributed by atoms with Crippen LogP contribution in [0.2, 0.25) is 0 Å². The lowest BCUT2D eigenvalue weighted by Crippen LogP contribution is -2.43. The van der Waals surface area contributed by atoms with Crippen molar-refractivity contribution in [2.75, 3.05) is 39.3 Å². The Morgan fingerprint density at radius 1 is 1.09 bits per heavy atom. The van der Waals surface area contributed by atoms with Crippen molar-refractivity contribution in [1.82, 2.24) is 9.80 Å². The van der Waals surface area contributed by atoms with Crippen molar-refractivity contribution in [2.45, 2.75) is 52.1 Å². The van der Waals surface area contributed by atoms with Gasteiger partial charge in [-0.1, -0.05) is 26.8 Å². The van der Waals surface area contributed by atoms with Crippen LogP contribution in [0.3, 0.4) is 0 Å². The van der Waals surface area contributed by atoms with E-state index in [1.54, 1.807) is 4.90 Å². The molecule has 0 bridgehead atoms. The summed E-state index contributed by atoms with van der Waals surface area (Å²) in [5, 5.41) is 0. The van der Waals surface area contributed by atoms with Gasteiger partial charge in [-0.3, -0.25) is 14.7 Å². The van der Waals surface area contributed by atoms with Gasteiger partial charge in [0.15, 0.2) is 11.6 Å². The average Bonchev–Trinajstić information content (AvgIpc) is 3.16. The van der Waals surface area contributed by atoms with Gasteiger partial charge in [-0.25, -0.2) is 8.78 Å². The van der Waals surface area contributed by atoms with Crippen molar-refractivity contribution in [3.8, 4) is 0 Å². The Morgan fingerprint density at radius 3 is 2.38 bits per heavy atom. The number of carbonyl (C=O) groups is 1. The molecule has 0 radical (unpaired) electrons. The van der Waals surface area contributed by atoms with Gasteiger partial charge in [0.2, 0.25) is 0 Å². The fourth-order valence-corrected chi connectivity index (χ4v) is 5.33. The van der Waals surface area contributed by atoms with Gasteiger partial charge in [0.1, 0.15) is 5.71 Å². The number of alkyl halides is 3. The molecule has 4 nitrogen and oxygen atoms in total. The molecule has 4 rings (SSSR count). The van der Waals surface area contributed by atoms with Crippen LogP contribution in [-0.4, -0.2) is 60.7 Å². The second kappa shape index (κ2) is 9.06. The molecule has 3 heterocycles. The first-order valence-corrected chi connectivity index (χ1v) is 11.7. The van der Waals surface area contributed by atoms with Gasteiger partial charge in [0.25, 0.3) is 5.91 Å². The summed E-state index contributed by atoms with van der Waals surface area (Å²) in [7, 11) is 0. The number of halogens is 5. The van der Waals surface area contributed by atoms with Gasteiger partial charge in [-0.05, 0) is 53.4 Å². The SMILES string of the molecule is CC(C)(C)CN1CCC2=C(CN=C2C(=O)N2CCC(c3ccc(F)c(F)c3C(F)(F)F)CC2)C1. The molecule has 0 spiro atoms. The number of rotatable bonds is 3. The van der Waals surface area contributed by atoms with E-state index in [0.29, 0.717) is 12.3 Å². The third-order valence-corrected chi connectivity index (χ3v) is 6.77. The number of nitrogens with zero attached hydrogens (tertiary/aromatic N) is 3. The van der Waals surface area contributed by atoms with Gasteiger partial charge in [0, 0.05) is 32.7 Å². The molecule has 34 heavy (non-hydrogen) atoms. The van der Waals surface area contributed by atoms with E-state index in [9.17, 15) is 26.7 Å². The molecule has 1 amide bonds. The molecule has 3 aliphatic heterocycles. The van der Waals surface area contributed by atoms with Crippen LogP contribution in [0.1, 0.15) is 57.1 Å². The minimum absolute atomic E-state index is 0.180. The minimum Gasteiger partial charge on any atom is -0.337 e. The first-order chi connectivity index (χ1) is 15.8. The summed E-state index contributed by atoms with van der Waals surface area (Å²) in [5.74, 6) is -4.16. The van der Waals surface area contributed by atoms with E-state index in [1.807, 2.05) is 0 Å². The number of benzene rings is 1. The zero-order valence-corrected chi connectivity index (χ0v) is 19.7. The maximum absolute atomic E-state index is 14.0. The molecule has 1 aromatic carbocycles. The predicted molar refractivity (Wildman–Crippen MR) is 120 cm³/mol. The summed E-state index contributed by atoms with van der Waals surface area (Å²) in [5.41, 5.74) is 1.07. The molecule has 0 aromatic heterocycles. The number of aliphatic imine (C=N–C) groups is 1. The molecule has 1 fully saturated rings. The van der Waals surface area contributed by atoms with Crippen LogP contribution in [0.15, 0.2) is 28.3 Å². The van der Waals surface area contributed by atoms with Crippen LogP contribution in [-0.2, 0) is 11.0 Å². The van der Waals surface area contributed by atoms with E-state index >= 15 is 0 Å². The fourth-order valence-electron chi connectivity index (χ4n) is 5.33. The van der Waals surface area contributed by atoms with Crippen molar-refractivity contribution in [3.63, 3.8) is 0 Å². The van der Waals surface area contributed by atoms with Gasteiger partial charge in [0.05, 0.1) is 12.1 Å². The summed E-state index contributed by atoms with van der Waals surface area (Å²) in [6.45, 7) is 10.2. The van der Waals surface area contributed by atoms with Gasteiger partial charge in [-0.15, -0.1) is 0 Å². The van der Waals surface area contributed by atoms with Crippen molar-refractivity contribution in [3.05, 3.63) is 46.0 Å².